The predicted octanol–water partition coefficient (Wildman–Crippen LogP) is 3.57. The number of rotatable bonds is 5. The standard InChI is InChI=1S/C15H23ClN2O2/c1-10-5-6-12(7-13(10)16)18-14(20)17-9-15(3,4)8-11(2)19/h5-7,11,19H,8-9H2,1-4H3,(H2,17,18,20). The highest BCUT2D eigenvalue weighted by atomic mass is 35.5. The number of nitrogens with one attached hydrogen (secondary N) is 2. The van der Waals surface area contributed by atoms with Gasteiger partial charge in [0.15, 0.2) is 0 Å². The molecule has 0 saturated carbocycles. The SMILES string of the molecule is Cc1ccc(NC(=O)NCC(C)(C)CC(C)O)cc1Cl. The molecule has 1 atom stereocenters. The number of carbonyl (C=O) groups is 1. The van der Waals surface area contributed by atoms with E-state index in [4.69, 9.17) is 11.6 Å². The molecule has 5 heteroatoms. The molecule has 0 saturated heterocycles. The Morgan fingerprint density at radius 2 is 2.10 bits per heavy atom. The number of aliphatic hydroxyl groups excluding tert-OH is 1. The lowest BCUT2D eigenvalue weighted by Gasteiger charge is -2.26. The van der Waals surface area contributed by atoms with Crippen molar-refractivity contribution >= 4 is 23.3 Å². The van der Waals surface area contributed by atoms with Gasteiger partial charge in [-0.25, -0.2) is 4.79 Å². The number of urea groups is 1. The van der Waals surface area contributed by atoms with E-state index in [2.05, 4.69) is 10.6 Å². The molecule has 1 unspecified atom stereocenters. The Bertz CT molecular complexity index is 473. The molecule has 0 fully saturated rings. The molecule has 3 N–H and O–H groups in total. The molecule has 2 amide bonds. The second-order valence-electron chi connectivity index (χ2n) is 5.99. The number of aliphatic hydroxyl groups is 1. The zero-order valence-electron chi connectivity index (χ0n) is 12.5. The molecule has 0 spiro atoms. The molecule has 4 nitrogen and oxygen atoms in total. The van der Waals surface area contributed by atoms with Crippen molar-refractivity contribution in [3.8, 4) is 0 Å². The van der Waals surface area contributed by atoms with Gasteiger partial charge in [-0.3, -0.25) is 0 Å². The minimum absolute atomic E-state index is 0.156. The van der Waals surface area contributed by atoms with Crippen LogP contribution in [-0.2, 0) is 0 Å². The van der Waals surface area contributed by atoms with Crippen molar-refractivity contribution < 1.29 is 9.90 Å². The van der Waals surface area contributed by atoms with Crippen LogP contribution in [0.4, 0.5) is 10.5 Å². The predicted molar refractivity (Wildman–Crippen MR) is 83.3 cm³/mol. The highest BCUT2D eigenvalue weighted by molar-refractivity contribution is 6.31. The van der Waals surface area contributed by atoms with Crippen LogP contribution in [0.5, 0.6) is 0 Å². The van der Waals surface area contributed by atoms with E-state index in [0.29, 0.717) is 23.7 Å². The van der Waals surface area contributed by atoms with Gasteiger partial charge >= 0.3 is 6.03 Å². The molecule has 1 rings (SSSR count). The Labute approximate surface area is 125 Å². The van der Waals surface area contributed by atoms with Crippen molar-refractivity contribution in [2.24, 2.45) is 5.41 Å². The second kappa shape index (κ2) is 6.95. The van der Waals surface area contributed by atoms with Crippen molar-refractivity contribution in [2.75, 3.05) is 11.9 Å². The number of hydrogen-bond acceptors (Lipinski definition) is 2. The fourth-order valence-electron chi connectivity index (χ4n) is 2.04. The van der Waals surface area contributed by atoms with Crippen molar-refractivity contribution in [1.29, 1.82) is 0 Å². The van der Waals surface area contributed by atoms with Crippen LogP contribution in [0, 0.1) is 12.3 Å². The van der Waals surface area contributed by atoms with Crippen molar-refractivity contribution in [3.05, 3.63) is 28.8 Å². The van der Waals surface area contributed by atoms with Gasteiger partial charge in [-0.1, -0.05) is 31.5 Å². The third kappa shape index (κ3) is 5.80. The summed E-state index contributed by atoms with van der Waals surface area (Å²) in [7, 11) is 0. The summed E-state index contributed by atoms with van der Waals surface area (Å²) >= 11 is 6.00. The molecule has 0 heterocycles. The molecule has 0 aliphatic carbocycles. The largest absolute Gasteiger partial charge is 0.393 e. The summed E-state index contributed by atoms with van der Waals surface area (Å²) in [5.41, 5.74) is 1.47. The Morgan fingerprint density at radius 1 is 1.45 bits per heavy atom. The normalized spacial score (nSPS) is 12.9. The molecule has 112 valence electrons. The fourth-order valence-corrected chi connectivity index (χ4v) is 2.22. The maximum Gasteiger partial charge on any atom is 0.319 e. The number of amides is 2. The zero-order chi connectivity index (χ0) is 15.3. The second-order valence-corrected chi connectivity index (χ2v) is 6.40. The van der Waals surface area contributed by atoms with Crippen LogP contribution < -0.4 is 10.6 Å². The van der Waals surface area contributed by atoms with Gasteiger partial charge in [-0.2, -0.15) is 0 Å². The van der Waals surface area contributed by atoms with Gasteiger partial charge in [0.05, 0.1) is 6.10 Å². The number of halogens is 1. The van der Waals surface area contributed by atoms with Crippen LogP contribution >= 0.6 is 11.6 Å². The topological polar surface area (TPSA) is 61.4 Å². The van der Waals surface area contributed by atoms with Gasteiger partial charge < -0.3 is 15.7 Å². The molecular formula is C15H23ClN2O2. The lowest BCUT2D eigenvalue weighted by atomic mass is 9.87. The Kier molecular flexibility index (Phi) is 5.84. The van der Waals surface area contributed by atoms with E-state index in [1.54, 1.807) is 13.0 Å². The third-order valence-electron chi connectivity index (χ3n) is 3.01. The van der Waals surface area contributed by atoms with Crippen LogP contribution in [0.3, 0.4) is 0 Å². The molecule has 0 bridgehead atoms. The van der Waals surface area contributed by atoms with E-state index in [1.807, 2.05) is 32.9 Å². The fraction of sp³-hybridized carbons (Fsp3) is 0.533. The van der Waals surface area contributed by atoms with Crippen LogP contribution in [0.25, 0.3) is 0 Å². The van der Waals surface area contributed by atoms with E-state index in [9.17, 15) is 9.90 Å². The van der Waals surface area contributed by atoms with Crippen LogP contribution in [0.15, 0.2) is 18.2 Å². The van der Waals surface area contributed by atoms with E-state index >= 15 is 0 Å². The van der Waals surface area contributed by atoms with Crippen molar-refractivity contribution in [3.63, 3.8) is 0 Å². The smallest absolute Gasteiger partial charge is 0.319 e. The van der Waals surface area contributed by atoms with Crippen molar-refractivity contribution in [1.82, 2.24) is 5.32 Å². The Hall–Kier alpha value is -1.26. The first kappa shape index (κ1) is 16.8. The average Bonchev–Trinajstić information content (AvgIpc) is 2.30. The summed E-state index contributed by atoms with van der Waals surface area (Å²) in [6.45, 7) is 8.15. The maximum atomic E-state index is 11.8. The number of benzene rings is 1. The molecule has 20 heavy (non-hydrogen) atoms. The van der Waals surface area contributed by atoms with Gasteiger partial charge in [-0.15, -0.1) is 0 Å². The Morgan fingerprint density at radius 3 is 2.65 bits per heavy atom. The van der Waals surface area contributed by atoms with Gasteiger partial charge in [0.2, 0.25) is 0 Å². The summed E-state index contributed by atoms with van der Waals surface area (Å²) < 4.78 is 0. The number of anilines is 1. The summed E-state index contributed by atoms with van der Waals surface area (Å²) in [5, 5.41) is 15.6. The number of carbonyl (C=O) groups excluding carboxylic acids is 1. The van der Waals surface area contributed by atoms with E-state index in [0.717, 1.165) is 5.56 Å². The highest BCUT2D eigenvalue weighted by Gasteiger charge is 2.21. The first-order valence-corrected chi connectivity index (χ1v) is 7.06. The lowest BCUT2D eigenvalue weighted by Crippen LogP contribution is -2.38. The third-order valence-corrected chi connectivity index (χ3v) is 3.41. The zero-order valence-corrected chi connectivity index (χ0v) is 13.2. The lowest BCUT2D eigenvalue weighted by molar-refractivity contribution is 0.129. The van der Waals surface area contributed by atoms with E-state index in [1.165, 1.54) is 0 Å². The summed E-state index contributed by atoms with van der Waals surface area (Å²) in [6.07, 6.45) is 0.245. The van der Waals surface area contributed by atoms with Crippen molar-refractivity contribution in [2.45, 2.75) is 40.2 Å². The number of hydrogen-bond donors (Lipinski definition) is 3. The molecule has 0 aliphatic rings. The van der Waals surface area contributed by atoms with Gasteiger partial charge in [0.25, 0.3) is 0 Å². The molecule has 0 aliphatic heterocycles. The monoisotopic (exact) mass is 298 g/mol. The first-order valence-electron chi connectivity index (χ1n) is 6.69. The minimum atomic E-state index is -0.384. The van der Waals surface area contributed by atoms with Crippen LogP contribution in [0.2, 0.25) is 5.02 Å². The van der Waals surface area contributed by atoms with Crippen LogP contribution in [0.1, 0.15) is 32.8 Å². The summed E-state index contributed by atoms with van der Waals surface area (Å²) in [5.74, 6) is 0. The molecule has 1 aromatic carbocycles. The average molecular weight is 299 g/mol. The molecule has 0 aromatic heterocycles. The summed E-state index contributed by atoms with van der Waals surface area (Å²) in [6, 6.07) is 5.11. The van der Waals surface area contributed by atoms with Gasteiger partial charge in [0, 0.05) is 17.3 Å². The van der Waals surface area contributed by atoms with Gasteiger partial charge in [-0.05, 0) is 43.4 Å². The van der Waals surface area contributed by atoms with E-state index in [-0.39, 0.29) is 17.6 Å². The quantitative estimate of drug-likeness (QED) is 0.778. The van der Waals surface area contributed by atoms with Crippen LogP contribution in [-0.4, -0.2) is 23.8 Å². The summed E-state index contributed by atoms with van der Waals surface area (Å²) in [4.78, 5) is 11.8. The highest BCUT2D eigenvalue weighted by Crippen LogP contribution is 2.22. The number of aryl methyl sites for hydroxylation is 1. The molecule has 0 radical (unpaired) electrons. The van der Waals surface area contributed by atoms with Gasteiger partial charge in [0.1, 0.15) is 0 Å². The Balaban J connectivity index is 2.49. The molecular weight excluding hydrogens is 276 g/mol. The maximum absolute atomic E-state index is 11.8. The molecule has 1 aromatic rings. The van der Waals surface area contributed by atoms with E-state index < -0.39 is 0 Å². The minimum Gasteiger partial charge on any atom is -0.393 e. The first-order chi connectivity index (χ1) is 9.19.